The molecule has 1 unspecified atom stereocenters. The van der Waals surface area contributed by atoms with Gasteiger partial charge < -0.3 is 5.11 Å². The molecule has 33 heavy (non-hydrogen) atoms. The first-order valence-corrected chi connectivity index (χ1v) is 10.7. The van der Waals surface area contributed by atoms with Gasteiger partial charge in [0.25, 0.3) is 11.7 Å². The van der Waals surface area contributed by atoms with Crippen LogP contribution < -0.4 is 4.90 Å². The maximum Gasteiger partial charge on any atom is 0.300 e. The lowest BCUT2D eigenvalue weighted by Gasteiger charge is -2.26. The van der Waals surface area contributed by atoms with Gasteiger partial charge in [-0.1, -0.05) is 60.2 Å². The van der Waals surface area contributed by atoms with Crippen LogP contribution in [0.25, 0.3) is 16.5 Å². The molecule has 1 atom stereocenters. The number of rotatable bonds is 3. The van der Waals surface area contributed by atoms with Crippen molar-refractivity contribution in [3.8, 4) is 0 Å². The second kappa shape index (κ2) is 8.02. The smallest absolute Gasteiger partial charge is 0.300 e. The van der Waals surface area contributed by atoms with E-state index in [0.717, 1.165) is 21.9 Å². The fourth-order valence-electron chi connectivity index (χ4n) is 4.45. The maximum atomic E-state index is 13.4. The second-order valence-corrected chi connectivity index (χ2v) is 8.24. The molecule has 5 nitrogen and oxygen atoms in total. The predicted octanol–water partition coefficient (Wildman–Crippen LogP) is 5.48. The number of aliphatic hydroxyl groups is 1. The molecule has 1 aliphatic heterocycles. The summed E-state index contributed by atoms with van der Waals surface area (Å²) in [6.45, 7) is 3.78. The number of hydrogen-bond acceptors (Lipinski definition) is 4. The van der Waals surface area contributed by atoms with Crippen molar-refractivity contribution >= 4 is 33.9 Å². The molecule has 0 aliphatic carbocycles. The third kappa shape index (κ3) is 3.38. The van der Waals surface area contributed by atoms with Crippen molar-refractivity contribution in [3.63, 3.8) is 0 Å². The third-order valence-corrected chi connectivity index (χ3v) is 6.09. The van der Waals surface area contributed by atoms with E-state index >= 15 is 0 Å². The normalized spacial score (nSPS) is 17.6. The summed E-state index contributed by atoms with van der Waals surface area (Å²) in [6.07, 6.45) is 1.62. The SMILES string of the molecule is Cc1ccc(C)c(/C(O)=C2\C(=O)C(=O)N(c3cccc4ccccc34)C2c2ccccn2)c1. The fourth-order valence-corrected chi connectivity index (χ4v) is 4.45. The summed E-state index contributed by atoms with van der Waals surface area (Å²) in [5.74, 6) is -1.60. The zero-order valence-electron chi connectivity index (χ0n) is 18.3. The molecule has 1 aliphatic rings. The van der Waals surface area contributed by atoms with Crippen LogP contribution in [0.4, 0.5) is 5.69 Å². The van der Waals surface area contributed by atoms with E-state index in [1.165, 1.54) is 4.90 Å². The van der Waals surface area contributed by atoms with Gasteiger partial charge in [-0.25, -0.2) is 0 Å². The molecule has 5 rings (SSSR count). The van der Waals surface area contributed by atoms with E-state index in [-0.39, 0.29) is 11.3 Å². The fraction of sp³-hybridized carbons (Fsp3) is 0.107. The van der Waals surface area contributed by atoms with Crippen LogP contribution in [-0.4, -0.2) is 21.8 Å². The van der Waals surface area contributed by atoms with Gasteiger partial charge in [-0.3, -0.25) is 19.5 Å². The van der Waals surface area contributed by atoms with Crippen LogP contribution in [-0.2, 0) is 9.59 Å². The average Bonchev–Trinajstić information content (AvgIpc) is 3.10. The first kappa shape index (κ1) is 20.6. The summed E-state index contributed by atoms with van der Waals surface area (Å²) in [5.41, 5.74) is 3.45. The van der Waals surface area contributed by atoms with E-state index in [0.29, 0.717) is 16.9 Å². The number of benzene rings is 3. The molecule has 0 bridgehead atoms. The van der Waals surface area contributed by atoms with Gasteiger partial charge in [-0.2, -0.15) is 0 Å². The lowest BCUT2D eigenvalue weighted by Crippen LogP contribution is -2.30. The number of hydrogen-bond donors (Lipinski definition) is 1. The lowest BCUT2D eigenvalue weighted by atomic mass is 9.95. The summed E-state index contributed by atoms with van der Waals surface area (Å²) < 4.78 is 0. The third-order valence-electron chi connectivity index (χ3n) is 6.09. The number of pyridine rings is 1. The molecular weight excluding hydrogens is 412 g/mol. The molecule has 162 valence electrons. The largest absolute Gasteiger partial charge is 0.507 e. The van der Waals surface area contributed by atoms with Crippen LogP contribution in [0.3, 0.4) is 0 Å². The Morgan fingerprint density at radius 3 is 2.45 bits per heavy atom. The minimum Gasteiger partial charge on any atom is -0.507 e. The quantitative estimate of drug-likeness (QED) is 0.263. The standard InChI is InChI=1S/C28H22N2O3/c1-17-13-14-18(2)21(16-17)26(31)24-25(22-11-5-6-15-29-22)30(28(33)27(24)32)23-12-7-9-19-8-3-4-10-20(19)23/h3-16,25,31H,1-2H3/b26-24+. The number of aliphatic hydroxyl groups excluding tert-OH is 1. The highest BCUT2D eigenvalue weighted by molar-refractivity contribution is 6.52. The number of fused-ring (bicyclic) bond motifs is 1. The van der Waals surface area contributed by atoms with Gasteiger partial charge in [0.1, 0.15) is 11.8 Å². The van der Waals surface area contributed by atoms with Crippen LogP contribution >= 0.6 is 0 Å². The summed E-state index contributed by atoms with van der Waals surface area (Å²) >= 11 is 0. The van der Waals surface area contributed by atoms with E-state index < -0.39 is 17.7 Å². The minimum atomic E-state index is -0.850. The Morgan fingerprint density at radius 2 is 1.67 bits per heavy atom. The molecule has 4 aromatic rings. The number of nitrogens with zero attached hydrogens (tertiary/aromatic N) is 2. The van der Waals surface area contributed by atoms with Gasteiger partial charge in [0.2, 0.25) is 0 Å². The molecule has 0 spiro atoms. The average molecular weight is 434 g/mol. The van der Waals surface area contributed by atoms with Crippen LogP contribution in [0.1, 0.15) is 28.4 Å². The molecule has 0 radical (unpaired) electrons. The summed E-state index contributed by atoms with van der Waals surface area (Å²) in [7, 11) is 0. The first-order valence-electron chi connectivity index (χ1n) is 10.7. The molecule has 3 aromatic carbocycles. The van der Waals surface area contributed by atoms with Gasteiger partial charge in [0.05, 0.1) is 17.0 Å². The van der Waals surface area contributed by atoms with Crippen molar-refractivity contribution in [3.05, 3.63) is 113 Å². The maximum absolute atomic E-state index is 13.4. The van der Waals surface area contributed by atoms with Crippen LogP contribution in [0.15, 0.2) is 90.6 Å². The topological polar surface area (TPSA) is 70.5 Å². The minimum absolute atomic E-state index is 0.0420. The van der Waals surface area contributed by atoms with Gasteiger partial charge in [-0.15, -0.1) is 0 Å². The lowest BCUT2D eigenvalue weighted by molar-refractivity contribution is -0.132. The van der Waals surface area contributed by atoms with Crippen molar-refractivity contribution in [2.75, 3.05) is 4.90 Å². The van der Waals surface area contributed by atoms with Gasteiger partial charge >= 0.3 is 0 Å². The highest BCUT2D eigenvalue weighted by Crippen LogP contribution is 2.43. The molecule has 0 saturated carbocycles. The van der Waals surface area contributed by atoms with Crippen molar-refractivity contribution in [1.29, 1.82) is 0 Å². The van der Waals surface area contributed by atoms with Gasteiger partial charge in [0.15, 0.2) is 0 Å². The zero-order chi connectivity index (χ0) is 23.1. The highest BCUT2D eigenvalue weighted by atomic mass is 16.3. The number of amides is 1. The van der Waals surface area contributed by atoms with Crippen LogP contribution in [0.5, 0.6) is 0 Å². The second-order valence-electron chi connectivity index (χ2n) is 8.24. The zero-order valence-corrected chi connectivity index (χ0v) is 18.3. The number of carbonyl (C=O) groups is 2. The molecule has 2 heterocycles. The van der Waals surface area contributed by atoms with E-state index in [4.69, 9.17) is 0 Å². The van der Waals surface area contributed by atoms with Crippen molar-refractivity contribution in [1.82, 2.24) is 4.98 Å². The summed E-state index contributed by atoms with van der Waals surface area (Å²) in [5, 5.41) is 13.2. The Labute approximate surface area is 191 Å². The van der Waals surface area contributed by atoms with Gasteiger partial charge in [0, 0.05) is 17.1 Å². The first-order chi connectivity index (χ1) is 16.0. The van der Waals surface area contributed by atoms with E-state index in [9.17, 15) is 14.7 Å². The molecule has 5 heteroatoms. The number of aromatic nitrogens is 1. The van der Waals surface area contributed by atoms with Crippen molar-refractivity contribution < 1.29 is 14.7 Å². The molecular formula is C28H22N2O3. The molecule has 1 saturated heterocycles. The monoisotopic (exact) mass is 434 g/mol. The van der Waals surface area contributed by atoms with E-state index in [1.54, 1.807) is 18.3 Å². The summed E-state index contributed by atoms with van der Waals surface area (Å²) in [4.78, 5) is 32.7. The molecule has 1 amide bonds. The molecule has 1 N–H and O–H groups in total. The number of anilines is 1. The highest BCUT2D eigenvalue weighted by Gasteiger charge is 2.48. The van der Waals surface area contributed by atoms with Gasteiger partial charge in [-0.05, 0) is 49.1 Å². The Bertz CT molecular complexity index is 1440. The van der Waals surface area contributed by atoms with E-state index in [1.807, 2.05) is 80.6 Å². The number of ketones is 1. The van der Waals surface area contributed by atoms with E-state index in [2.05, 4.69) is 4.98 Å². The number of carbonyl (C=O) groups excluding carboxylic acids is 2. The number of Topliss-reactive ketones (excluding diaryl/α,β-unsaturated/α-hetero) is 1. The Balaban J connectivity index is 1.80. The summed E-state index contributed by atoms with van der Waals surface area (Å²) in [6, 6.07) is 23.5. The Hall–Kier alpha value is -4.25. The number of aryl methyl sites for hydroxylation is 2. The van der Waals surface area contributed by atoms with Crippen molar-refractivity contribution in [2.45, 2.75) is 19.9 Å². The van der Waals surface area contributed by atoms with Crippen LogP contribution in [0.2, 0.25) is 0 Å². The Morgan fingerprint density at radius 1 is 0.909 bits per heavy atom. The predicted molar refractivity (Wildman–Crippen MR) is 129 cm³/mol. The molecule has 1 aromatic heterocycles. The van der Waals surface area contributed by atoms with Crippen LogP contribution in [0, 0.1) is 13.8 Å². The Kier molecular flexibility index (Phi) is 5.02. The van der Waals surface area contributed by atoms with Crippen molar-refractivity contribution in [2.24, 2.45) is 0 Å². The molecule has 1 fully saturated rings.